The Hall–Kier alpha value is -1.89. The van der Waals surface area contributed by atoms with E-state index in [2.05, 4.69) is 20.7 Å². The van der Waals surface area contributed by atoms with E-state index in [1.807, 2.05) is 12.1 Å². The van der Waals surface area contributed by atoms with E-state index < -0.39 is 10.0 Å². The van der Waals surface area contributed by atoms with Crippen LogP contribution in [0, 0.1) is 13.8 Å². The van der Waals surface area contributed by atoms with Crippen LogP contribution in [0.2, 0.25) is 10.0 Å². The summed E-state index contributed by atoms with van der Waals surface area (Å²) < 4.78 is 38.2. The number of aryl methyl sites for hydroxylation is 2. The first-order chi connectivity index (χ1) is 17.1. The second-order valence-corrected chi connectivity index (χ2v) is 11.9. The smallest absolute Gasteiger partial charge is 0.315 e. The lowest BCUT2D eigenvalue weighted by Crippen LogP contribution is -2.52. The molecule has 2 aliphatic rings. The third-order valence-corrected chi connectivity index (χ3v) is 9.34. The van der Waals surface area contributed by atoms with E-state index in [0.717, 1.165) is 18.7 Å². The third kappa shape index (κ3) is 6.51. The van der Waals surface area contributed by atoms with Crippen LogP contribution >= 0.6 is 23.2 Å². The molecular weight excluding hydrogens is 529 g/mol. The SMILES string of the molecule is Cc1noc(C)c1S(=O)(=O)N1CCC(NC(=O)NCC2CN(Cc3ccc(Cl)c(Cl)c3)CCO2)CC1. The first-order valence-corrected chi connectivity index (χ1v) is 14.1. The van der Waals surface area contributed by atoms with Gasteiger partial charge in [0.1, 0.15) is 10.6 Å². The van der Waals surface area contributed by atoms with Crippen molar-refractivity contribution in [2.24, 2.45) is 0 Å². The number of nitrogens with zero attached hydrogens (tertiary/aromatic N) is 3. The maximum atomic E-state index is 13.0. The maximum Gasteiger partial charge on any atom is 0.315 e. The fourth-order valence-electron chi connectivity index (χ4n) is 4.60. The van der Waals surface area contributed by atoms with Gasteiger partial charge < -0.3 is 19.9 Å². The van der Waals surface area contributed by atoms with Crippen molar-refractivity contribution in [2.45, 2.75) is 50.3 Å². The Labute approximate surface area is 221 Å². The summed E-state index contributed by atoms with van der Waals surface area (Å²) >= 11 is 12.1. The van der Waals surface area contributed by atoms with Gasteiger partial charge in [-0.2, -0.15) is 4.31 Å². The lowest BCUT2D eigenvalue weighted by atomic mass is 10.1. The van der Waals surface area contributed by atoms with Gasteiger partial charge in [0.05, 0.1) is 22.8 Å². The van der Waals surface area contributed by atoms with Gasteiger partial charge in [-0.05, 0) is 44.4 Å². The molecule has 1 aromatic carbocycles. The van der Waals surface area contributed by atoms with Gasteiger partial charge in [0.2, 0.25) is 10.0 Å². The molecule has 0 bridgehead atoms. The van der Waals surface area contributed by atoms with Gasteiger partial charge in [-0.3, -0.25) is 4.90 Å². The number of amides is 2. The first kappa shape index (κ1) is 27.2. The van der Waals surface area contributed by atoms with E-state index in [1.165, 1.54) is 4.31 Å². The molecule has 10 nitrogen and oxygen atoms in total. The van der Waals surface area contributed by atoms with Crippen LogP contribution < -0.4 is 10.6 Å². The second kappa shape index (κ2) is 11.7. The van der Waals surface area contributed by atoms with Gasteiger partial charge in [-0.15, -0.1) is 0 Å². The third-order valence-electron chi connectivity index (χ3n) is 6.46. The van der Waals surface area contributed by atoms with Gasteiger partial charge in [0.25, 0.3) is 0 Å². The minimum atomic E-state index is -3.68. The molecule has 3 heterocycles. The molecule has 1 atom stereocenters. The number of benzene rings is 1. The van der Waals surface area contributed by atoms with Crippen LogP contribution in [-0.2, 0) is 21.3 Å². The van der Waals surface area contributed by atoms with Gasteiger partial charge in [-0.1, -0.05) is 34.4 Å². The molecule has 13 heteroatoms. The Morgan fingerprint density at radius 3 is 2.58 bits per heavy atom. The molecule has 2 amide bonds. The first-order valence-electron chi connectivity index (χ1n) is 11.9. The molecule has 0 aliphatic carbocycles. The summed E-state index contributed by atoms with van der Waals surface area (Å²) in [4.78, 5) is 14.9. The number of nitrogens with one attached hydrogen (secondary N) is 2. The molecule has 2 saturated heterocycles. The van der Waals surface area contributed by atoms with Crippen LogP contribution in [0.4, 0.5) is 4.79 Å². The molecule has 2 aromatic rings. The molecule has 0 spiro atoms. The molecule has 0 radical (unpaired) electrons. The molecule has 198 valence electrons. The van der Waals surface area contributed by atoms with Crippen molar-refractivity contribution in [2.75, 3.05) is 39.3 Å². The molecule has 1 unspecified atom stereocenters. The van der Waals surface area contributed by atoms with Gasteiger partial charge in [-0.25, -0.2) is 13.2 Å². The van der Waals surface area contributed by atoms with Crippen molar-refractivity contribution in [3.63, 3.8) is 0 Å². The van der Waals surface area contributed by atoms with Gasteiger partial charge in [0.15, 0.2) is 5.76 Å². The number of carbonyl (C=O) groups is 1. The normalized spacial score (nSPS) is 20.4. The monoisotopic (exact) mass is 559 g/mol. The van der Waals surface area contributed by atoms with Crippen molar-refractivity contribution in [1.82, 2.24) is 25.0 Å². The number of piperidine rings is 1. The summed E-state index contributed by atoms with van der Waals surface area (Å²) in [6, 6.07) is 5.21. The zero-order chi connectivity index (χ0) is 25.9. The fourth-order valence-corrected chi connectivity index (χ4v) is 6.68. The lowest BCUT2D eigenvalue weighted by Gasteiger charge is -2.33. The van der Waals surface area contributed by atoms with Crippen molar-refractivity contribution in [3.8, 4) is 0 Å². The standard InChI is InChI=1S/C23H31Cl2N5O5S/c1-15-22(16(2)35-28-15)36(32,33)30-7-5-18(6-8-30)27-23(31)26-12-19-14-29(9-10-34-19)13-17-3-4-20(24)21(25)11-17/h3-4,11,18-19H,5-10,12-14H2,1-2H3,(H2,26,27,31). The molecule has 2 fully saturated rings. The minimum Gasteiger partial charge on any atom is -0.374 e. The van der Waals surface area contributed by atoms with Crippen LogP contribution in [-0.4, -0.2) is 80.3 Å². The Morgan fingerprint density at radius 2 is 1.92 bits per heavy atom. The Balaban J connectivity index is 1.20. The molecule has 2 aliphatic heterocycles. The number of urea groups is 1. The second-order valence-electron chi connectivity index (χ2n) is 9.16. The largest absolute Gasteiger partial charge is 0.374 e. The lowest BCUT2D eigenvalue weighted by molar-refractivity contribution is -0.0287. The summed E-state index contributed by atoms with van der Waals surface area (Å²) in [6.45, 7) is 6.98. The zero-order valence-corrected chi connectivity index (χ0v) is 22.6. The fraction of sp³-hybridized carbons (Fsp3) is 0.565. The number of morpholine rings is 1. The molecule has 2 N–H and O–H groups in total. The number of sulfonamides is 1. The van der Waals surface area contributed by atoms with E-state index in [0.29, 0.717) is 61.4 Å². The topological polar surface area (TPSA) is 117 Å². The van der Waals surface area contributed by atoms with Crippen molar-refractivity contribution in [1.29, 1.82) is 0 Å². The summed E-state index contributed by atoms with van der Waals surface area (Å²) in [5, 5.41) is 10.7. The van der Waals surface area contributed by atoms with Crippen molar-refractivity contribution in [3.05, 3.63) is 45.3 Å². The molecule has 4 rings (SSSR count). The number of aromatic nitrogens is 1. The summed E-state index contributed by atoms with van der Waals surface area (Å²) in [7, 11) is -3.68. The van der Waals surface area contributed by atoms with Crippen LogP contribution in [0.3, 0.4) is 0 Å². The number of hydrogen-bond donors (Lipinski definition) is 2. The van der Waals surface area contributed by atoms with Gasteiger partial charge in [0, 0.05) is 45.3 Å². The predicted octanol–water partition coefficient (Wildman–Crippen LogP) is 2.95. The Morgan fingerprint density at radius 1 is 1.17 bits per heavy atom. The minimum absolute atomic E-state index is 0.112. The number of hydrogen-bond acceptors (Lipinski definition) is 7. The maximum absolute atomic E-state index is 13.0. The van der Waals surface area contributed by atoms with Crippen LogP contribution in [0.1, 0.15) is 29.9 Å². The summed E-state index contributed by atoms with van der Waals surface area (Å²) in [5.41, 5.74) is 1.42. The van der Waals surface area contributed by atoms with E-state index in [-0.39, 0.29) is 28.8 Å². The van der Waals surface area contributed by atoms with Crippen LogP contribution in [0.5, 0.6) is 0 Å². The van der Waals surface area contributed by atoms with E-state index in [1.54, 1.807) is 19.9 Å². The van der Waals surface area contributed by atoms with E-state index >= 15 is 0 Å². The number of ether oxygens (including phenoxy) is 1. The van der Waals surface area contributed by atoms with Crippen molar-refractivity contribution < 1.29 is 22.5 Å². The zero-order valence-electron chi connectivity index (χ0n) is 20.3. The van der Waals surface area contributed by atoms with Crippen LogP contribution in [0.25, 0.3) is 0 Å². The predicted molar refractivity (Wildman–Crippen MR) is 136 cm³/mol. The number of carbonyl (C=O) groups excluding carboxylic acids is 1. The van der Waals surface area contributed by atoms with E-state index in [9.17, 15) is 13.2 Å². The molecule has 1 aromatic heterocycles. The number of rotatable bonds is 7. The summed E-state index contributed by atoms with van der Waals surface area (Å²) in [5.74, 6) is 0.285. The molecular formula is C23H31Cl2N5O5S. The van der Waals surface area contributed by atoms with E-state index in [4.69, 9.17) is 32.5 Å². The highest BCUT2D eigenvalue weighted by molar-refractivity contribution is 7.89. The average Bonchev–Trinajstić information content (AvgIpc) is 3.19. The van der Waals surface area contributed by atoms with Gasteiger partial charge >= 0.3 is 6.03 Å². The summed E-state index contributed by atoms with van der Waals surface area (Å²) in [6.07, 6.45) is 0.912. The highest BCUT2D eigenvalue weighted by atomic mass is 35.5. The average molecular weight is 561 g/mol. The Kier molecular flexibility index (Phi) is 8.79. The Bertz CT molecular complexity index is 1160. The molecule has 0 saturated carbocycles. The molecule has 36 heavy (non-hydrogen) atoms. The highest BCUT2D eigenvalue weighted by Gasteiger charge is 2.34. The van der Waals surface area contributed by atoms with Crippen LogP contribution in [0.15, 0.2) is 27.6 Å². The highest BCUT2D eigenvalue weighted by Crippen LogP contribution is 2.26. The quantitative estimate of drug-likeness (QED) is 0.535. The number of halogens is 2. The van der Waals surface area contributed by atoms with Crippen molar-refractivity contribution >= 4 is 39.3 Å².